The molecule has 4 nitrogen and oxygen atoms in total. The Morgan fingerprint density at radius 2 is 1.93 bits per heavy atom. The fourth-order valence-corrected chi connectivity index (χ4v) is 5.55. The molecule has 1 aromatic carbocycles. The number of nitrogens with two attached hydrogens (primary N) is 1. The summed E-state index contributed by atoms with van der Waals surface area (Å²) in [6.45, 7) is 0. The summed E-state index contributed by atoms with van der Waals surface area (Å²) in [6.07, 6.45) is 10.3. The molecule has 0 amide bonds. The van der Waals surface area contributed by atoms with Crippen LogP contribution in [0.1, 0.15) is 22.0 Å². The van der Waals surface area contributed by atoms with Crippen molar-refractivity contribution in [2.75, 3.05) is 5.73 Å². The molecule has 0 spiro atoms. The minimum Gasteiger partial charge on any atom is -0.368 e. The zero-order valence-corrected chi connectivity index (χ0v) is 16.5. The van der Waals surface area contributed by atoms with Crippen molar-refractivity contribution in [3.05, 3.63) is 87.2 Å². The molecule has 0 saturated heterocycles. The van der Waals surface area contributed by atoms with Crippen LogP contribution in [0.5, 0.6) is 0 Å². The molecule has 2 N–H and O–H groups in total. The molecule has 0 saturated carbocycles. The van der Waals surface area contributed by atoms with Crippen molar-refractivity contribution >= 4 is 36.5 Å². The van der Waals surface area contributed by atoms with Gasteiger partial charge in [-0.1, -0.05) is 81.4 Å². The van der Waals surface area contributed by atoms with Crippen LogP contribution in [0.25, 0.3) is 11.3 Å². The van der Waals surface area contributed by atoms with Gasteiger partial charge in [0, 0.05) is 11.5 Å². The van der Waals surface area contributed by atoms with Crippen LogP contribution in [0.15, 0.2) is 75.9 Å². The number of hydrogen-bond acceptors (Lipinski definition) is 4. The van der Waals surface area contributed by atoms with Crippen LogP contribution < -0.4 is 5.73 Å². The highest BCUT2D eigenvalue weighted by Gasteiger charge is 2.45. The van der Waals surface area contributed by atoms with E-state index in [-0.39, 0.29) is 44.3 Å². The van der Waals surface area contributed by atoms with Crippen LogP contribution in [0.3, 0.4) is 0 Å². The maximum atomic E-state index is 13.3. The van der Waals surface area contributed by atoms with Gasteiger partial charge in [0.15, 0.2) is 5.78 Å². The van der Waals surface area contributed by atoms with E-state index >= 15 is 0 Å². The van der Waals surface area contributed by atoms with Crippen molar-refractivity contribution in [3.63, 3.8) is 0 Å². The number of nitrogen functional groups attached to an aromatic ring is 1. The highest BCUT2D eigenvalue weighted by Crippen LogP contribution is 2.49. The number of benzene rings is 1. The minimum absolute atomic E-state index is 0.0809. The lowest BCUT2D eigenvalue weighted by atomic mass is 9.80. The number of aromatic nitrogens is 2. The summed E-state index contributed by atoms with van der Waals surface area (Å²) in [5.41, 5.74) is 11.3. The van der Waals surface area contributed by atoms with Gasteiger partial charge in [-0.3, -0.25) is 4.79 Å². The van der Waals surface area contributed by atoms with Gasteiger partial charge in [-0.2, -0.15) is 0 Å². The first-order valence-corrected chi connectivity index (χ1v) is 11.2. The van der Waals surface area contributed by atoms with Gasteiger partial charge < -0.3 is 5.73 Å². The Bertz CT molecular complexity index is 1110. The third-order valence-electron chi connectivity index (χ3n) is 5.07. The number of Topliss-reactive ketones (excluding diaryl/α,β-unsaturated/α-hetero) is 1. The summed E-state index contributed by atoms with van der Waals surface area (Å²) < 4.78 is 4.52. The van der Waals surface area contributed by atoms with E-state index in [4.69, 9.17) is 5.73 Å². The van der Waals surface area contributed by atoms with Crippen LogP contribution in [-0.2, 0) is 0 Å². The van der Waals surface area contributed by atoms with Gasteiger partial charge in [0.05, 0.1) is 22.9 Å². The van der Waals surface area contributed by atoms with Gasteiger partial charge in [-0.25, -0.2) is 9.97 Å². The number of hydrogen-bond donors (Lipinski definition) is 1. The zero-order valence-electron chi connectivity index (χ0n) is 14.3. The molecule has 1 aliphatic heterocycles. The van der Waals surface area contributed by atoms with E-state index < -0.39 is 0 Å². The SMILES string of the molecule is Nc1nc(-c2ccccc2)c2c(n1)C1C(C3=CI=CC=C3)=CC=CC1C2=O. The Kier molecular flexibility index (Phi) is 3.97. The third kappa shape index (κ3) is 2.65. The molecule has 2 unspecified atom stereocenters. The first kappa shape index (κ1) is 16.5. The zero-order chi connectivity index (χ0) is 18.4. The topological polar surface area (TPSA) is 68.9 Å². The average Bonchev–Trinajstić information content (AvgIpc) is 3.01. The molecule has 2 aromatic rings. The molecule has 0 fully saturated rings. The maximum absolute atomic E-state index is 13.3. The largest absolute Gasteiger partial charge is 0.368 e. The average molecular weight is 465 g/mol. The number of carbonyl (C=O) groups is 1. The van der Waals surface area contributed by atoms with Gasteiger partial charge in [0.25, 0.3) is 0 Å². The summed E-state index contributed by atoms with van der Waals surface area (Å²) >= 11 is -0.0815. The Labute approximate surface area is 167 Å². The van der Waals surface area contributed by atoms with Crippen LogP contribution >= 0.6 is 20.7 Å². The fraction of sp³-hybridized carbons (Fsp3) is 0.0909. The van der Waals surface area contributed by atoms with Crippen molar-refractivity contribution in [3.8, 4) is 11.3 Å². The monoisotopic (exact) mass is 465 g/mol. The molecule has 0 bridgehead atoms. The molecule has 2 aliphatic carbocycles. The molecule has 5 rings (SSSR count). The molecule has 0 radical (unpaired) electrons. The lowest BCUT2D eigenvalue weighted by Gasteiger charge is -2.23. The molecular formula is C22H16IN3O. The number of carbonyl (C=O) groups excluding carboxylic acids is 1. The van der Waals surface area contributed by atoms with E-state index in [1.165, 1.54) is 5.57 Å². The van der Waals surface area contributed by atoms with Gasteiger partial charge >= 0.3 is 0 Å². The number of ketones is 1. The van der Waals surface area contributed by atoms with Crippen molar-refractivity contribution in [2.24, 2.45) is 5.92 Å². The Balaban J connectivity index is 1.72. The molecule has 5 heteroatoms. The van der Waals surface area contributed by atoms with Gasteiger partial charge in [-0.05, 0) is 19.2 Å². The third-order valence-corrected chi connectivity index (χ3v) is 6.93. The lowest BCUT2D eigenvalue weighted by Crippen LogP contribution is -2.16. The number of nitrogens with zero attached hydrogens (tertiary/aromatic N) is 2. The summed E-state index contributed by atoms with van der Waals surface area (Å²) in [6, 6.07) is 9.74. The van der Waals surface area contributed by atoms with E-state index in [2.05, 4.69) is 36.3 Å². The van der Waals surface area contributed by atoms with E-state index in [1.807, 2.05) is 42.5 Å². The minimum atomic E-state index is -0.239. The summed E-state index contributed by atoms with van der Waals surface area (Å²) in [4.78, 5) is 22.3. The molecular weight excluding hydrogens is 449 g/mol. The number of allylic oxidation sites excluding steroid dienone is 7. The van der Waals surface area contributed by atoms with Crippen LogP contribution in [0.2, 0.25) is 0 Å². The van der Waals surface area contributed by atoms with E-state index in [0.29, 0.717) is 11.3 Å². The molecule has 132 valence electrons. The Hall–Kier alpha value is -2.67. The maximum Gasteiger partial charge on any atom is 0.220 e. The predicted octanol–water partition coefficient (Wildman–Crippen LogP) is 4.34. The van der Waals surface area contributed by atoms with E-state index in [0.717, 1.165) is 16.8 Å². The Morgan fingerprint density at radius 3 is 2.70 bits per heavy atom. The molecule has 2 atom stereocenters. The standard InChI is InChI=1S/C22H16IN3O/c24-22-25-19(13-6-2-1-3-7-13)18-20(26-22)17-15(14-8-5-11-23-12-14)9-4-10-16(17)21(18)27/h1-12,16-17H,(H2,24,25,26). The van der Waals surface area contributed by atoms with Gasteiger partial charge in [0.2, 0.25) is 5.95 Å². The van der Waals surface area contributed by atoms with E-state index in [1.54, 1.807) is 0 Å². The molecule has 2 heterocycles. The quantitative estimate of drug-likeness (QED) is 0.670. The number of fused-ring (bicyclic) bond motifs is 3. The van der Waals surface area contributed by atoms with Crippen molar-refractivity contribution in [2.45, 2.75) is 5.92 Å². The second-order valence-corrected chi connectivity index (χ2v) is 8.67. The first-order chi connectivity index (χ1) is 13.2. The summed E-state index contributed by atoms with van der Waals surface area (Å²) in [7, 11) is 0. The highest BCUT2D eigenvalue weighted by atomic mass is 127. The second-order valence-electron chi connectivity index (χ2n) is 6.61. The lowest BCUT2D eigenvalue weighted by molar-refractivity contribution is 0.0954. The van der Waals surface area contributed by atoms with E-state index in [9.17, 15) is 4.79 Å². The van der Waals surface area contributed by atoms with Crippen LogP contribution in [-0.4, -0.2) is 19.8 Å². The number of anilines is 1. The van der Waals surface area contributed by atoms with Gasteiger partial charge in [-0.15, -0.1) is 0 Å². The molecule has 27 heavy (non-hydrogen) atoms. The first-order valence-electron chi connectivity index (χ1n) is 8.72. The Morgan fingerprint density at radius 1 is 1.07 bits per heavy atom. The predicted molar refractivity (Wildman–Crippen MR) is 117 cm³/mol. The van der Waals surface area contributed by atoms with Crippen molar-refractivity contribution in [1.82, 2.24) is 9.97 Å². The van der Waals surface area contributed by atoms with Crippen LogP contribution in [0, 0.1) is 5.92 Å². The summed E-state index contributed by atoms with van der Waals surface area (Å²) in [5.74, 6) is -0.0403. The van der Waals surface area contributed by atoms with Gasteiger partial charge in [0.1, 0.15) is 0 Å². The molecule has 3 aliphatic rings. The summed E-state index contributed by atoms with van der Waals surface area (Å²) in [5, 5.41) is 0. The number of halogens is 1. The smallest absolute Gasteiger partial charge is 0.220 e. The van der Waals surface area contributed by atoms with Crippen molar-refractivity contribution in [1.29, 1.82) is 0 Å². The molecule has 1 aromatic heterocycles. The normalized spacial score (nSPS) is 22.6. The fourth-order valence-electron chi connectivity index (χ4n) is 3.94. The van der Waals surface area contributed by atoms with Crippen molar-refractivity contribution < 1.29 is 4.79 Å². The second kappa shape index (κ2) is 6.49. The number of rotatable bonds is 2. The highest BCUT2D eigenvalue weighted by molar-refractivity contribution is 14.2. The van der Waals surface area contributed by atoms with Crippen LogP contribution in [0.4, 0.5) is 5.95 Å².